The van der Waals surface area contributed by atoms with Crippen LogP contribution in [0.3, 0.4) is 0 Å². The summed E-state index contributed by atoms with van der Waals surface area (Å²) in [5, 5.41) is 3.21. The molecular weight excluding hydrogens is 361 g/mol. The van der Waals surface area contributed by atoms with Crippen LogP contribution in [0.15, 0.2) is 29.3 Å². The van der Waals surface area contributed by atoms with Gasteiger partial charge in [-0.05, 0) is 50.2 Å². The fourth-order valence-corrected chi connectivity index (χ4v) is 2.70. The van der Waals surface area contributed by atoms with Crippen LogP contribution in [0, 0.1) is 5.41 Å². The first kappa shape index (κ1) is 17.3. The second kappa shape index (κ2) is 6.33. The Labute approximate surface area is 139 Å². The zero-order valence-electron chi connectivity index (χ0n) is 12.9. The maximum atomic E-state index is 5.94. The highest BCUT2D eigenvalue weighted by Gasteiger charge is 2.32. The van der Waals surface area contributed by atoms with Crippen LogP contribution in [0.4, 0.5) is 0 Å². The van der Waals surface area contributed by atoms with Gasteiger partial charge in [0, 0.05) is 12.1 Å². The predicted molar refractivity (Wildman–Crippen MR) is 96.8 cm³/mol. The molecule has 0 saturated carbocycles. The summed E-state index contributed by atoms with van der Waals surface area (Å²) in [5.41, 5.74) is 9.03. The van der Waals surface area contributed by atoms with Crippen LogP contribution < -0.4 is 11.1 Å². The molecule has 4 heteroatoms. The number of halogens is 1. The number of rotatable bonds is 2. The molecule has 0 radical (unpaired) electrons. The Morgan fingerprint density at radius 3 is 2.20 bits per heavy atom. The van der Waals surface area contributed by atoms with Crippen molar-refractivity contribution in [1.29, 1.82) is 0 Å². The molecule has 0 aromatic heterocycles. The van der Waals surface area contributed by atoms with Gasteiger partial charge in [-0.15, -0.1) is 24.0 Å². The molecule has 0 bridgehead atoms. The number of nitrogens with zero attached hydrogens (tertiary/aromatic N) is 1. The molecule has 112 valence electrons. The number of guanidine groups is 1. The van der Waals surface area contributed by atoms with Crippen LogP contribution >= 0.6 is 24.0 Å². The van der Waals surface area contributed by atoms with Gasteiger partial charge >= 0.3 is 0 Å². The van der Waals surface area contributed by atoms with Gasteiger partial charge in [0.1, 0.15) is 0 Å². The van der Waals surface area contributed by atoms with Crippen molar-refractivity contribution in [3.05, 3.63) is 35.4 Å². The molecule has 1 aromatic carbocycles. The Bertz CT molecular complexity index is 464. The average molecular weight is 387 g/mol. The number of nitrogens with one attached hydrogen (secondary N) is 1. The minimum absolute atomic E-state index is 0. The van der Waals surface area contributed by atoms with E-state index in [9.17, 15) is 0 Å². The van der Waals surface area contributed by atoms with Crippen molar-refractivity contribution < 1.29 is 0 Å². The van der Waals surface area contributed by atoms with E-state index in [4.69, 9.17) is 5.73 Å². The highest BCUT2D eigenvalue weighted by atomic mass is 127. The Hall–Kier alpha value is -0.780. The Kier molecular flexibility index (Phi) is 5.46. The summed E-state index contributed by atoms with van der Waals surface area (Å²) in [6.07, 6.45) is 2.19. The molecule has 0 unspecified atom stereocenters. The van der Waals surface area contributed by atoms with E-state index in [0.717, 1.165) is 19.4 Å². The molecule has 1 aromatic rings. The number of benzene rings is 1. The fourth-order valence-electron chi connectivity index (χ4n) is 2.70. The number of fused-ring (bicyclic) bond motifs is 1. The molecule has 0 heterocycles. The molecule has 0 spiro atoms. The van der Waals surface area contributed by atoms with E-state index in [0.29, 0.717) is 5.96 Å². The lowest BCUT2D eigenvalue weighted by Crippen LogP contribution is -2.45. The van der Waals surface area contributed by atoms with Crippen molar-refractivity contribution in [3.63, 3.8) is 0 Å². The van der Waals surface area contributed by atoms with Crippen LogP contribution in [0.25, 0.3) is 0 Å². The van der Waals surface area contributed by atoms with E-state index in [-0.39, 0.29) is 34.9 Å². The van der Waals surface area contributed by atoms with Gasteiger partial charge in [-0.25, -0.2) is 0 Å². The standard InChI is InChI=1S/C16H25N3.HI/c1-15(2,3)19-14(17)18-11-16(4)9-12-7-5-6-8-13(12)10-16;/h5-8H,9-11H2,1-4H3,(H3,17,18,19);1H. The first-order valence-electron chi connectivity index (χ1n) is 6.92. The van der Waals surface area contributed by atoms with Gasteiger partial charge in [0.25, 0.3) is 0 Å². The van der Waals surface area contributed by atoms with Crippen molar-refractivity contribution in [1.82, 2.24) is 5.32 Å². The third kappa shape index (κ3) is 4.65. The van der Waals surface area contributed by atoms with Crippen LogP contribution in [-0.4, -0.2) is 18.0 Å². The van der Waals surface area contributed by atoms with Crippen LogP contribution in [0.1, 0.15) is 38.8 Å². The fraction of sp³-hybridized carbons (Fsp3) is 0.562. The van der Waals surface area contributed by atoms with E-state index >= 15 is 0 Å². The lowest BCUT2D eigenvalue weighted by atomic mass is 9.87. The first-order chi connectivity index (χ1) is 8.77. The second-order valence-electron chi connectivity index (χ2n) is 7.01. The molecule has 1 aliphatic carbocycles. The van der Waals surface area contributed by atoms with Crippen molar-refractivity contribution in [3.8, 4) is 0 Å². The zero-order chi connectivity index (χ0) is 14.1. The second-order valence-corrected chi connectivity index (χ2v) is 7.01. The Balaban J connectivity index is 0.00000200. The molecule has 3 N–H and O–H groups in total. The van der Waals surface area contributed by atoms with Gasteiger partial charge in [0.2, 0.25) is 0 Å². The van der Waals surface area contributed by atoms with Gasteiger partial charge in [-0.3, -0.25) is 4.99 Å². The van der Waals surface area contributed by atoms with Crippen molar-refractivity contribution in [2.45, 2.75) is 46.1 Å². The number of hydrogen-bond acceptors (Lipinski definition) is 1. The molecular formula is C16H26IN3. The molecule has 2 rings (SSSR count). The third-order valence-electron chi connectivity index (χ3n) is 3.49. The van der Waals surface area contributed by atoms with Crippen molar-refractivity contribution >= 4 is 29.9 Å². The minimum Gasteiger partial charge on any atom is -0.370 e. The molecule has 0 atom stereocenters. The number of aliphatic imine (C=N–C) groups is 1. The normalized spacial score (nSPS) is 17.3. The predicted octanol–water partition coefficient (Wildman–Crippen LogP) is 3.11. The van der Waals surface area contributed by atoms with E-state index in [1.165, 1.54) is 11.1 Å². The molecule has 0 aliphatic heterocycles. The molecule has 1 aliphatic rings. The summed E-state index contributed by atoms with van der Waals surface area (Å²) >= 11 is 0. The SMILES string of the molecule is CC1(CN=C(N)NC(C)(C)C)Cc2ccccc2C1.I. The third-order valence-corrected chi connectivity index (χ3v) is 3.49. The van der Waals surface area contributed by atoms with Gasteiger partial charge in [0.05, 0.1) is 0 Å². The minimum atomic E-state index is -0.0346. The van der Waals surface area contributed by atoms with Crippen LogP contribution in [0.5, 0.6) is 0 Å². The smallest absolute Gasteiger partial charge is 0.189 e. The molecule has 3 nitrogen and oxygen atoms in total. The molecule has 0 amide bonds. The summed E-state index contributed by atoms with van der Waals surface area (Å²) in [7, 11) is 0. The van der Waals surface area contributed by atoms with Gasteiger partial charge in [-0.2, -0.15) is 0 Å². The van der Waals surface area contributed by atoms with E-state index in [2.05, 4.69) is 62.3 Å². The van der Waals surface area contributed by atoms with Gasteiger partial charge in [0.15, 0.2) is 5.96 Å². The maximum absolute atomic E-state index is 5.94. The average Bonchev–Trinajstić information content (AvgIpc) is 2.61. The zero-order valence-corrected chi connectivity index (χ0v) is 15.2. The van der Waals surface area contributed by atoms with E-state index in [1.807, 2.05) is 0 Å². The number of hydrogen-bond donors (Lipinski definition) is 2. The molecule has 20 heavy (non-hydrogen) atoms. The van der Waals surface area contributed by atoms with Crippen LogP contribution in [-0.2, 0) is 12.8 Å². The summed E-state index contributed by atoms with van der Waals surface area (Å²) < 4.78 is 0. The maximum Gasteiger partial charge on any atom is 0.189 e. The monoisotopic (exact) mass is 387 g/mol. The summed E-state index contributed by atoms with van der Waals surface area (Å²) in [6, 6.07) is 8.68. The lowest BCUT2D eigenvalue weighted by Gasteiger charge is -2.24. The summed E-state index contributed by atoms with van der Waals surface area (Å²) in [6.45, 7) is 9.32. The van der Waals surface area contributed by atoms with Gasteiger partial charge in [-0.1, -0.05) is 31.2 Å². The first-order valence-corrected chi connectivity index (χ1v) is 6.92. The van der Waals surface area contributed by atoms with Gasteiger partial charge < -0.3 is 11.1 Å². The molecule has 0 fully saturated rings. The Morgan fingerprint density at radius 2 is 1.75 bits per heavy atom. The highest BCUT2D eigenvalue weighted by Crippen LogP contribution is 2.36. The highest BCUT2D eigenvalue weighted by molar-refractivity contribution is 14.0. The van der Waals surface area contributed by atoms with Crippen molar-refractivity contribution in [2.24, 2.45) is 16.1 Å². The van der Waals surface area contributed by atoms with Crippen molar-refractivity contribution in [2.75, 3.05) is 6.54 Å². The van der Waals surface area contributed by atoms with E-state index in [1.54, 1.807) is 0 Å². The Morgan fingerprint density at radius 1 is 1.25 bits per heavy atom. The van der Waals surface area contributed by atoms with Crippen LogP contribution in [0.2, 0.25) is 0 Å². The summed E-state index contributed by atoms with van der Waals surface area (Å²) in [5.74, 6) is 0.546. The largest absolute Gasteiger partial charge is 0.370 e. The topological polar surface area (TPSA) is 50.4 Å². The quantitative estimate of drug-likeness (QED) is 0.466. The van der Waals surface area contributed by atoms with E-state index < -0.39 is 0 Å². The molecule has 0 saturated heterocycles. The lowest BCUT2D eigenvalue weighted by molar-refractivity contribution is 0.359. The summed E-state index contributed by atoms with van der Waals surface area (Å²) in [4.78, 5) is 4.53. The number of nitrogens with two attached hydrogens (primary N) is 1.